The summed E-state index contributed by atoms with van der Waals surface area (Å²) in [6.45, 7) is 2.25. The molecule has 0 aliphatic carbocycles. The molecule has 0 spiro atoms. The van der Waals surface area contributed by atoms with Gasteiger partial charge in [-0.25, -0.2) is 0 Å². The summed E-state index contributed by atoms with van der Waals surface area (Å²) in [6, 6.07) is 13.3. The molecule has 7 heteroatoms. The lowest BCUT2D eigenvalue weighted by Crippen LogP contribution is -2.10. The van der Waals surface area contributed by atoms with Crippen molar-refractivity contribution in [1.29, 1.82) is 0 Å². The van der Waals surface area contributed by atoms with Crippen LogP contribution in [0.3, 0.4) is 0 Å². The third kappa shape index (κ3) is 2.84. The molecule has 0 amide bonds. The van der Waals surface area contributed by atoms with Gasteiger partial charge in [0.15, 0.2) is 11.6 Å². The van der Waals surface area contributed by atoms with Crippen LogP contribution in [-0.4, -0.2) is 20.5 Å². The van der Waals surface area contributed by atoms with E-state index in [-0.39, 0.29) is 5.38 Å². The number of fused-ring (bicyclic) bond motifs is 3. The second kappa shape index (κ2) is 6.45. The molecule has 0 radical (unpaired) electrons. The zero-order valence-corrected chi connectivity index (χ0v) is 15.5. The van der Waals surface area contributed by atoms with Gasteiger partial charge in [0.2, 0.25) is 0 Å². The van der Waals surface area contributed by atoms with Crippen molar-refractivity contribution < 1.29 is 0 Å². The molecule has 2 aromatic carbocycles. The fourth-order valence-corrected chi connectivity index (χ4v) is 3.50. The molecule has 2 heterocycles. The van der Waals surface area contributed by atoms with Crippen LogP contribution >= 0.6 is 34.8 Å². The van der Waals surface area contributed by atoms with E-state index in [0.29, 0.717) is 22.4 Å². The van der Waals surface area contributed by atoms with Gasteiger partial charge in [-0.3, -0.25) is 9.56 Å². The van der Waals surface area contributed by atoms with Gasteiger partial charge in [0.1, 0.15) is 6.54 Å². The number of aromatic nitrogens is 3. The highest BCUT2D eigenvalue weighted by Crippen LogP contribution is 2.32. The van der Waals surface area contributed by atoms with Crippen molar-refractivity contribution in [3.63, 3.8) is 0 Å². The quantitative estimate of drug-likeness (QED) is 0.562. The molecule has 0 saturated heterocycles. The van der Waals surface area contributed by atoms with Crippen LogP contribution in [0.25, 0.3) is 5.69 Å². The molecule has 1 aliphatic heterocycles. The van der Waals surface area contributed by atoms with E-state index < -0.39 is 0 Å². The predicted octanol–water partition coefficient (Wildman–Crippen LogP) is 5.22. The Bertz CT molecular complexity index is 992. The molecule has 0 fully saturated rings. The van der Waals surface area contributed by atoms with Gasteiger partial charge in [0, 0.05) is 21.2 Å². The van der Waals surface area contributed by atoms with Crippen molar-refractivity contribution in [2.24, 2.45) is 4.99 Å². The van der Waals surface area contributed by atoms with Gasteiger partial charge >= 0.3 is 0 Å². The summed E-state index contributed by atoms with van der Waals surface area (Å²) < 4.78 is 1.96. The Kier molecular flexibility index (Phi) is 4.28. The van der Waals surface area contributed by atoms with E-state index in [4.69, 9.17) is 39.8 Å². The monoisotopic (exact) mass is 390 g/mol. The summed E-state index contributed by atoms with van der Waals surface area (Å²) >= 11 is 19.0. The lowest BCUT2D eigenvalue weighted by Gasteiger charge is -2.15. The Labute approximate surface area is 160 Å². The van der Waals surface area contributed by atoms with Gasteiger partial charge in [-0.2, -0.15) is 0 Å². The lowest BCUT2D eigenvalue weighted by molar-refractivity contribution is 0.827. The highest BCUT2D eigenvalue weighted by molar-refractivity contribution is 6.36. The van der Waals surface area contributed by atoms with Crippen LogP contribution in [0, 0.1) is 0 Å². The first-order valence-electron chi connectivity index (χ1n) is 7.74. The maximum absolute atomic E-state index is 6.41. The molecular formula is C18H13Cl3N4. The number of nitrogens with zero attached hydrogens (tertiary/aromatic N) is 4. The van der Waals surface area contributed by atoms with E-state index in [0.717, 1.165) is 28.4 Å². The Morgan fingerprint density at radius 2 is 1.84 bits per heavy atom. The van der Waals surface area contributed by atoms with Crippen LogP contribution in [0.5, 0.6) is 0 Å². The Morgan fingerprint density at radius 1 is 1.04 bits per heavy atom. The Hall–Kier alpha value is -1.88. The number of benzene rings is 2. The van der Waals surface area contributed by atoms with E-state index >= 15 is 0 Å². The average Bonchev–Trinajstić information content (AvgIpc) is 2.94. The molecule has 126 valence electrons. The number of hydrogen-bond acceptors (Lipinski definition) is 3. The average molecular weight is 392 g/mol. The molecule has 1 atom stereocenters. The van der Waals surface area contributed by atoms with Gasteiger partial charge in [-0.05, 0) is 31.2 Å². The summed E-state index contributed by atoms with van der Waals surface area (Å²) in [4.78, 5) is 4.76. The van der Waals surface area contributed by atoms with Crippen LogP contribution in [-0.2, 0) is 6.54 Å². The fourth-order valence-electron chi connectivity index (χ4n) is 2.96. The van der Waals surface area contributed by atoms with Gasteiger partial charge in [0.05, 0.1) is 16.8 Å². The summed E-state index contributed by atoms with van der Waals surface area (Å²) in [5.74, 6) is 1.41. The van der Waals surface area contributed by atoms with E-state index in [9.17, 15) is 0 Å². The lowest BCUT2D eigenvalue weighted by atomic mass is 10.0. The number of aliphatic imine (C=N–C) groups is 1. The van der Waals surface area contributed by atoms with Crippen LogP contribution in [0.1, 0.15) is 35.1 Å². The van der Waals surface area contributed by atoms with Gasteiger partial charge in [0.25, 0.3) is 0 Å². The summed E-state index contributed by atoms with van der Waals surface area (Å²) in [5, 5.41) is 9.46. The zero-order valence-electron chi connectivity index (χ0n) is 13.2. The maximum atomic E-state index is 6.41. The number of hydrogen-bond donors (Lipinski definition) is 0. The van der Waals surface area contributed by atoms with Crippen LogP contribution in [0.2, 0.25) is 10.0 Å². The molecule has 3 aromatic rings. The second-order valence-corrected chi connectivity index (χ2v) is 7.23. The van der Waals surface area contributed by atoms with Crippen molar-refractivity contribution >= 4 is 40.5 Å². The first kappa shape index (κ1) is 16.6. The molecule has 1 aromatic heterocycles. The normalized spacial score (nSPS) is 14.3. The summed E-state index contributed by atoms with van der Waals surface area (Å²) in [6.07, 6.45) is 0. The number of alkyl halides is 1. The molecule has 0 N–H and O–H groups in total. The highest BCUT2D eigenvalue weighted by atomic mass is 35.5. The molecule has 25 heavy (non-hydrogen) atoms. The Balaban J connectivity index is 2.01. The third-order valence-corrected chi connectivity index (χ3v) is 4.83. The van der Waals surface area contributed by atoms with Crippen LogP contribution < -0.4 is 0 Å². The van der Waals surface area contributed by atoms with E-state index in [1.54, 1.807) is 0 Å². The summed E-state index contributed by atoms with van der Waals surface area (Å²) in [7, 11) is 0. The highest BCUT2D eigenvalue weighted by Gasteiger charge is 2.25. The van der Waals surface area contributed by atoms with Crippen molar-refractivity contribution in [2.75, 3.05) is 0 Å². The molecular weight excluding hydrogens is 379 g/mol. The Morgan fingerprint density at radius 3 is 2.60 bits per heavy atom. The topological polar surface area (TPSA) is 43.1 Å². The third-order valence-electron chi connectivity index (χ3n) is 4.07. The standard InChI is InChI=1S/C18H13Cl3N4/c1-10(19)18-24-23-16-9-22-17(12-4-2-3-5-14(12)21)13-8-11(20)6-7-15(13)25(16)18/h2-8,10H,9H2,1H3. The number of rotatable bonds is 2. The molecule has 0 bridgehead atoms. The predicted molar refractivity (Wildman–Crippen MR) is 101 cm³/mol. The largest absolute Gasteiger partial charge is 0.279 e. The van der Waals surface area contributed by atoms with Crippen LogP contribution in [0.15, 0.2) is 47.5 Å². The molecule has 4 nitrogen and oxygen atoms in total. The number of halogens is 3. The minimum absolute atomic E-state index is 0.286. The SMILES string of the molecule is CC(Cl)c1nnc2n1-c1ccc(Cl)cc1C(c1ccccc1Cl)=NC2. The van der Waals surface area contributed by atoms with E-state index in [1.807, 2.05) is 54.0 Å². The first-order chi connectivity index (χ1) is 12.1. The molecule has 0 saturated carbocycles. The smallest absolute Gasteiger partial charge is 0.159 e. The zero-order chi connectivity index (χ0) is 17.6. The van der Waals surface area contributed by atoms with Gasteiger partial charge in [-0.15, -0.1) is 21.8 Å². The molecule has 1 aliphatic rings. The van der Waals surface area contributed by atoms with Crippen molar-refractivity contribution in [1.82, 2.24) is 14.8 Å². The molecule has 1 unspecified atom stereocenters. The van der Waals surface area contributed by atoms with Crippen molar-refractivity contribution in [2.45, 2.75) is 18.8 Å². The van der Waals surface area contributed by atoms with E-state index in [1.165, 1.54) is 0 Å². The van der Waals surface area contributed by atoms with Crippen LogP contribution in [0.4, 0.5) is 0 Å². The molecule has 4 rings (SSSR count). The van der Waals surface area contributed by atoms with Gasteiger partial charge in [-0.1, -0.05) is 41.4 Å². The van der Waals surface area contributed by atoms with Crippen molar-refractivity contribution in [3.8, 4) is 5.69 Å². The minimum atomic E-state index is -0.286. The fraction of sp³-hybridized carbons (Fsp3) is 0.167. The maximum Gasteiger partial charge on any atom is 0.159 e. The second-order valence-electron chi connectivity index (χ2n) is 5.73. The first-order valence-corrected chi connectivity index (χ1v) is 8.93. The summed E-state index contributed by atoms with van der Waals surface area (Å²) in [5.41, 5.74) is 3.40. The van der Waals surface area contributed by atoms with E-state index in [2.05, 4.69) is 10.2 Å². The van der Waals surface area contributed by atoms with Crippen molar-refractivity contribution in [3.05, 3.63) is 75.3 Å². The van der Waals surface area contributed by atoms with Gasteiger partial charge < -0.3 is 0 Å². The minimum Gasteiger partial charge on any atom is -0.279 e.